The molecule has 1 aliphatic rings. The van der Waals surface area contributed by atoms with Crippen LogP contribution in [0.1, 0.15) is 30.5 Å². The predicted molar refractivity (Wildman–Crippen MR) is 114 cm³/mol. The molecule has 0 radical (unpaired) electrons. The first kappa shape index (κ1) is 21.6. The molecule has 0 aliphatic carbocycles. The summed E-state index contributed by atoms with van der Waals surface area (Å²) < 4.78 is 11.4. The molecule has 2 aromatic carbocycles. The van der Waals surface area contributed by atoms with Crippen LogP contribution >= 0.6 is 0 Å². The summed E-state index contributed by atoms with van der Waals surface area (Å²) in [5.41, 5.74) is 3.10. The Labute approximate surface area is 175 Å². The van der Waals surface area contributed by atoms with Crippen molar-refractivity contribution >= 4 is 17.3 Å². The van der Waals surface area contributed by atoms with Crippen LogP contribution in [0.4, 0.5) is 11.4 Å². The van der Waals surface area contributed by atoms with Crippen molar-refractivity contribution in [2.75, 3.05) is 31.6 Å². The van der Waals surface area contributed by atoms with Crippen LogP contribution in [0.3, 0.4) is 0 Å². The highest BCUT2D eigenvalue weighted by Crippen LogP contribution is 2.34. The van der Waals surface area contributed by atoms with Gasteiger partial charge in [0.15, 0.2) is 11.5 Å². The largest absolute Gasteiger partial charge is 0.490 e. The first-order valence-electron chi connectivity index (χ1n) is 10.1. The molecule has 0 unspecified atom stereocenters. The molecule has 0 aromatic heterocycles. The average Bonchev–Trinajstić information content (AvgIpc) is 2.70. The molecule has 0 atom stereocenters. The molecule has 8 nitrogen and oxygen atoms in total. The molecule has 1 heterocycles. The van der Waals surface area contributed by atoms with Crippen LogP contribution in [0.25, 0.3) is 0 Å². The van der Waals surface area contributed by atoms with Gasteiger partial charge in [0.1, 0.15) is 5.69 Å². The van der Waals surface area contributed by atoms with Crippen molar-refractivity contribution in [3.63, 3.8) is 0 Å². The molecular weight excluding hydrogens is 386 g/mol. The molecule has 30 heavy (non-hydrogen) atoms. The molecule has 1 N–H and O–H groups in total. The summed E-state index contributed by atoms with van der Waals surface area (Å²) in [4.78, 5) is 25.4. The molecule has 0 spiro atoms. The van der Waals surface area contributed by atoms with Gasteiger partial charge < -0.3 is 14.8 Å². The van der Waals surface area contributed by atoms with Gasteiger partial charge in [-0.2, -0.15) is 0 Å². The fraction of sp³-hybridized carbons (Fsp3) is 0.409. The van der Waals surface area contributed by atoms with Crippen LogP contribution in [0.15, 0.2) is 30.3 Å². The number of para-hydroxylation sites is 1. The highest BCUT2D eigenvalue weighted by molar-refractivity contribution is 5.95. The van der Waals surface area contributed by atoms with Gasteiger partial charge in [0.2, 0.25) is 5.91 Å². The van der Waals surface area contributed by atoms with E-state index in [4.69, 9.17) is 9.47 Å². The van der Waals surface area contributed by atoms with Crippen molar-refractivity contribution in [1.82, 2.24) is 4.90 Å². The van der Waals surface area contributed by atoms with Gasteiger partial charge in [-0.05, 0) is 56.0 Å². The Morgan fingerprint density at radius 1 is 1.17 bits per heavy atom. The van der Waals surface area contributed by atoms with Gasteiger partial charge in [-0.15, -0.1) is 0 Å². The predicted octanol–water partition coefficient (Wildman–Crippen LogP) is 3.70. The molecule has 0 saturated heterocycles. The number of fused-ring (bicyclic) bond motifs is 1. The van der Waals surface area contributed by atoms with E-state index >= 15 is 0 Å². The molecule has 1 aliphatic heterocycles. The van der Waals surface area contributed by atoms with Crippen LogP contribution in [0.2, 0.25) is 0 Å². The monoisotopic (exact) mass is 413 g/mol. The van der Waals surface area contributed by atoms with Crippen LogP contribution in [-0.2, 0) is 17.8 Å². The number of nitro benzene ring substituents is 1. The number of hydrogen-bond donors (Lipinski definition) is 1. The third kappa shape index (κ3) is 4.88. The van der Waals surface area contributed by atoms with Gasteiger partial charge in [0.05, 0.1) is 24.7 Å². The Kier molecular flexibility index (Phi) is 6.89. The summed E-state index contributed by atoms with van der Waals surface area (Å²) in [7, 11) is 0. The zero-order valence-electron chi connectivity index (χ0n) is 17.6. The van der Waals surface area contributed by atoms with Crippen molar-refractivity contribution in [3.8, 4) is 11.5 Å². The van der Waals surface area contributed by atoms with Crippen molar-refractivity contribution < 1.29 is 19.2 Å². The van der Waals surface area contributed by atoms with Crippen molar-refractivity contribution in [2.45, 2.75) is 33.7 Å². The van der Waals surface area contributed by atoms with E-state index in [2.05, 4.69) is 5.32 Å². The smallest absolute Gasteiger partial charge is 0.293 e. The number of amides is 1. The van der Waals surface area contributed by atoms with E-state index in [1.165, 1.54) is 11.6 Å². The maximum atomic E-state index is 12.6. The van der Waals surface area contributed by atoms with E-state index in [1.54, 1.807) is 19.1 Å². The minimum absolute atomic E-state index is 0.0999. The SMILES string of the molecule is CCOc1cc2c(cc1OCC)CN(CC(=O)Nc1c(C)cccc1[N+](=O)[O-])CC2. The van der Waals surface area contributed by atoms with Crippen molar-refractivity contribution in [3.05, 3.63) is 57.1 Å². The number of ether oxygens (including phenoxy) is 2. The van der Waals surface area contributed by atoms with Crippen LogP contribution in [0.5, 0.6) is 11.5 Å². The lowest BCUT2D eigenvalue weighted by Gasteiger charge is -2.29. The quantitative estimate of drug-likeness (QED) is 0.524. The first-order valence-corrected chi connectivity index (χ1v) is 10.1. The zero-order valence-corrected chi connectivity index (χ0v) is 17.6. The summed E-state index contributed by atoms with van der Waals surface area (Å²) in [5, 5.41) is 14.0. The molecule has 0 bridgehead atoms. The number of aryl methyl sites for hydroxylation is 1. The molecule has 8 heteroatoms. The number of nitrogens with zero attached hydrogens (tertiary/aromatic N) is 2. The number of carbonyl (C=O) groups excluding carboxylic acids is 1. The third-order valence-electron chi connectivity index (χ3n) is 5.04. The lowest BCUT2D eigenvalue weighted by molar-refractivity contribution is -0.384. The average molecular weight is 413 g/mol. The van der Waals surface area contributed by atoms with Crippen LogP contribution in [0, 0.1) is 17.0 Å². The minimum Gasteiger partial charge on any atom is -0.490 e. The van der Waals surface area contributed by atoms with E-state index in [1.807, 2.05) is 30.9 Å². The molecule has 0 fully saturated rings. The Balaban J connectivity index is 1.71. The van der Waals surface area contributed by atoms with Gasteiger partial charge >= 0.3 is 0 Å². The lowest BCUT2D eigenvalue weighted by atomic mass is 9.98. The fourth-order valence-electron chi connectivity index (χ4n) is 3.64. The third-order valence-corrected chi connectivity index (χ3v) is 5.04. The molecular formula is C22H27N3O5. The highest BCUT2D eigenvalue weighted by atomic mass is 16.6. The molecule has 0 saturated carbocycles. The van der Waals surface area contributed by atoms with Gasteiger partial charge in [-0.3, -0.25) is 19.8 Å². The number of nitro groups is 1. The normalized spacial score (nSPS) is 13.4. The number of nitrogens with one attached hydrogen (secondary N) is 1. The Hall–Kier alpha value is -3.13. The summed E-state index contributed by atoms with van der Waals surface area (Å²) in [6, 6.07) is 8.76. The van der Waals surface area contributed by atoms with E-state index in [9.17, 15) is 14.9 Å². The van der Waals surface area contributed by atoms with E-state index in [-0.39, 0.29) is 23.8 Å². The van der Waals surface area contributed by atoms with Crippen molar-refractivity contribution in [2.24, 2.45) is 0 Å². The summed E-state index contributed by atoms with van der Waals surface area (Å²) >= 11 is 0. The topological polar surface area (TPSA) is 93.9 Å². The standard InChI is InChI=1S/C22H27N3O5/c1-4-29-19-11-16-9-10-24(13-17(16)12-20(19)30-5-2)14-21(26)23-22-15(3)7-6-8-18(22)25(27)28/h6-8,11-12H,4-5,9-10,13-14H2,1-3H3,(H,23,26). The summed E-state index contributed by atoms with van der Waals surface area (Å²) in [6.07, 6.45) is 0.791. The van der Waals surface area contributed by atoms with Crippen LogP contribution < -0.4 is 14.8 Å². The Morgan fingerprint density at radius 2 is 1.83 bits per heavy atom. The van der Waals surface area contributed by atoms with E-state index < -0.39 is 4.92 Å². The van der Waals surface area contributed by atoms with Crippen molar-refractivity contribution in [1.29, 1.82) is 0 Å². The fourth-order valence-corrected chi connectivity index (χ4v) is 3.64. The Bertz CT molecular complexity index is 945. The molecule has 1 amide bonds. The second-order valence-electron chi connectivity index (χ2n) is 7.17. The summed E-state index contributed by atoms with van der Waals surface area (Å²) in [5.74, 6) is 1.18. The zero-order chi connectivity index (χ0) is 21.7. The minimum atomic E-state index is -0.481. The van der Waals surface area contributed by atoms with E-state index in [0.29, 0.717) is 31.1 Å². The second kappa shape index (κ2) is 9.58. The molecule has 3 rings (SSSR count). The van der Waals surface area contributed by atoms with Crippen LogP contribution in [-0.4, -0.2) is 42.0 Å². The number of hydrogen-bond acceptors (Lipinski definition) is 6. The molecule has 2 aromatic rings. The molecule has 160 valence electrons. The lowest BCUT2D eigenvalue weighted by Crippen LogP contribution is -2.37. The maximum absolute atomic E-state index is 12.6. The number of benzene rings is 2. The maximum Gasteiger partial charge on any atom is 0.293 e. The first-order chi connectivity index (χ1) is 14.4. The van der Waals surface area contributed by atoms with Gasteiger partial charge in [0.25, 0.3) is 5.69 Å². The van der Waals surface area contributed by atoms with E-state index in [0.717, 1.165) is 24.3 Å². The van der Waals surface area contributed by atoms with Gasteiger partial charge in [0, 0.05) is 19.2 Å². The van der Waals surface area contributed by atoms with Gasteiger partial charge in [-0.1, -0.05) is 12.1 Å². The summed E-state index contributed by atoms with van der Waals surface area (Å²) in [6.45, 7) is 8.19. The second-order valence-corrected chi connectivity index (χ2v) is 7.17. The number of carbonyl (C=O) groups is 1. The highest BCUT2D eigenvalue weighted by Gasteiger charge is 2.23. The number of rotatable bonds is 8. The van der Waals surface area contributed by atoms with Gasteiger partial charge in [-0.25, -0.2) is 0 Å². The Morgan fingerprint density at radius 3 is 2.47 bits per heavy atom. The number of anilines is 1.